The van der Waals surface area contributed by atoms with Crippen LogP contribution < -0.4 is 5.56 Å². The molecule has 10 nitrogen and oxygen atoms in total. The van der Waals surface area contributed by atoms with E-state index >= 15 is 4.39 Å². The number of hydrogen-bond acceptors (Lipinski definition) is 7. The molecule has 188 valence electrons. The molecule has 0 aliphatic carbocycles. The minimum absolute atomic E-state index is 0.00668. The first kappa shape index (κ1) is 23.7. The fourth-order valence-corrected chi connectivity index (χ4v) is 5.27. The zero-order valence-electron chi connectivity index (χ0n) is 20.2. The van der Waals surface area contributed by atoms with Crippen molar-refractivity contribution in [1.82, 2.24) is 39.7 Å². The van der Waals surface area contributed by atoms with Gasteiger partial charge in [-0.3, -0.25) is 4.79 Å². The molecular formula is C26H19ClFN9O. The Morgan fingerprint density at radius 1 is 1.24 bits per heavy atom. The highest BCUT2D eigenvalue weighted by atomic mass is 35.5. The molecule has 0 saturated carbocycles. The molecule has 2 atom stereocenters. The lowest BCUT2D eigenvalue weighted by Crippen LogP contribution is -2.24. The summed E-state index contributed by atoms with van der Waals surface area (Å²) in [5.74, 6) is -0.0439. The second-order valence-electron chi connectivity index (χ2n) is 9.17. The van der Waals surface area contributed by atoms with E-state index in [1.54, 1.807) is 23.0 Å². The normalized spacial score (nSPS) is 16.4. The van der Waals surface area contributed by atoms with Crippen molar-refractivity contribution < 1.29 is 4.39 Å². The van der Waals surface area contributed by atoms with Crippen LogP contribution >= 0.6 is 11.6 Å². The van der Waals surface area contributed by atoms with Crippen LogP contribution in [-0.4, -0.2) is 39.7 Å². The predicted octanol–water partition coefficient (Wildman–Crippen LogP) is 4.35. The van der Waals surface area contributed by atoms with Gasteiger partial charge in [-0.25, -0.2) is 14.4 Å². The molecule has 0 radical (unpaired) electrons. The summed E-state index contributed by atoms with van der Waals surface area (Å²) in [5, 5.41) is 20.4. The van der Waals surface area contributed by atoms with Crippen LogP contribution in [0.1, 0.15) is 48.1 Å². The first-order valence-electron chi connectivity index (χ1n) is 11.8. The number of pyridine rings is 2. The number of aromatic nitrogens is 8. The molecule has 12 heteroatoms. The third kappa shape index (κ3) is 3.69. The molecule has 0 spiro atoms. The van der Waals surface area contributed by atoms with Crippen LogP contribution in [0.15, 0.2) is 53.8 Å². The molecule has 0 bridgehead atoms. The topological polar surface area (TPSA) is 131 Å². The Hall–Kier alpha value is -4.69. The maximum atomic E-state index is 15.4. The van der Waals surface area contributed by atoms with E-state index < -0.39 is 5.82 Å². The van der Waals surface area contributed by atoms with E-state index in [1.807, 2.05) is 26.0 Å². The highest BCUT2D eigenvalue weighted by molar-refractivity contribution is 6.31. The van der Waals surface area contributed by atoms with Gasteiger partial charge in [-0.15, -0.1) is 5.10 Å². The lowest BCUT2D eigenvalue weighted by Gasteiger charge is -2.16. The monoisotopic (exact) mass is 527 g/mol. The van der Waals surface area contributed by atoms with Crippen molar-refractivity contribution in [3.05, 3.63) is 93.0 Å². The van der Waals surface area contributed by atoms with Gasteiger partial charge in [0, 0.05) is 29.1 Å². The van der Waals surface area contributed by atoms with Crippen LogP contribution in [0.2, 0.25) is 5.02 Å². The summed E-state index contributed by atoms with van der Waals surface area (Å²) in [6.45, 7) is 3.85. The number of benzene rings is 1. The summed E-state index contributed by atoms with van der Waals surface area (Å²) >= 11 is 6.12. The van der Waals surface area contributed by atoms with Crippen LogP contribution in [0.4, 0.5) is 4.39 Å². The van der Waals surface area contributed by atoms with Crippen LogP contribution in [0.3, 0.4) is 0 Å². The minimum Gasteiger partial charge on any atom is -0.340 e. The van der Waals surface area contributed by atoms with Gasteiger partial charge < -0.3 is 9.55 Å². The molecule has 1 aliphatic rings. The molecule has 1 aromatic carbocycles. The number of nitriles is 1. The minimum atomic E-state index is -0.661. The Bertz CT molecular complexity index is 1800. The summed E-state index contributed by atoms with van der Waals surface area (Å²) in [6, 6.07) is 9.82. The summed E-state index contributed by atoms with van der Waals surface area (Å²) in [6.07, 6.45) is 5.26. The van der Waals surface area contributed by atoms with Crippen molar-refractivity contribution in [2.75, 3.05) is 0 Å². The maximum Gasteiger partial charge on any atom is 0.252 e. The number of aromatic amines is 1. The van der Waals surface area contributed by atoms with Gasteiger partial charge in [0.1, 0.15) is 23.9 Å². The van der Waals surface area contributed by atoms with Gasteiger partial charge in [0.15, 0.2) is 5.82 Å². The number of tetrazole rings is 1. The van der Waals surface area contributed by atoms with E-state index in [0.717, 1.165) is 22.5 Å². The average Bonchev–Trinajstić information content (AvgIpc) is 3.67. The Balaban J connectivity index is 1.44. The molecule has 1 aliphatic heterocycles. The van der Waals surface area contributed by atoms with Gasteiger partial charge in [-0.2, -0.15) is 9.94 Å². The van der Waals surface area contributed by atoms with Crippen LogP contribution in [0, 0.1) is 24.1 Å². The number of imidazole rings is 1. The number of nitrogens with zero attached hydrogens (tertiary/aromatic N) is 8. The van der Waals surface area contributed by atoms with E-state index in [4.69, 9.17) is 11.6 Å². The van der Waals surface area contributed by atoms with E-state index in [1.165, 1.54) is 23.1 Å². The molecule has 4 aromatic heterocycles. The number of nitrogens with one attached hydrogen (secondary N) is 1. The standard InChI is InChI=1S/C26H19ClFN9O/c1-13-7-22(26-31-11-19(33-26)16-5-6-30-18(10-29)14(16)2)37-21(13)8-15(9-23(37)38)24-20(36-12-32-34-35-36)4-3-17(27)25(24)28/h3-6,8-9,11-13,22H,7H2,1-2H3,(H,31,33)/t13-,22-/m0/s1. The first-order valence-corrected chi connectivity index (χ1v) is 12.1. The lowest BCUT2D eigenvalue weighted by atomic mass is 9.99. The van der Waals surface area contributed by atoms with Gasteiger partial charge in [0.25, 0.3) is 5.56 Å². The molecule has 0 fully saturated rings. The quantitative estimate of drug-likeness (QED) is 0.367. The summed E-state index contributed by atoms with van der Waals surface area (Å²) in [7, 11) is 0. The Kier molecular flexibility index (Phi) is 5.61. The van der Waals surface area contributed by atoms with Crippen molar-refractivity contribution in [3.63, 3.8) is 0 Å². The van der Waals surface area contributed by atoms with Crippen LogP contribution in [0.25, 0.3) is 28.1 Å². The maximum absolute atomic E-state index is 15.4. The van der Waals surface area contributed by atoms with Crippen LogP contribution in [-0.2, 0) is 0 Å². The predicted molar refractivity (Wildman–Crippen MR) is 136 cm³/mol. The Labute approximate surface area is 220 Å². The summed E-state index contributed by atoms with van der Waals surface area (Å²) in [4.78, 5) is 25.5. The summed E-state index contributed by atoms with van der Waals surface area (Å²) in [5.41, 5.74) is 3.99. The highest BCUT2D eigenvalue weighted by Gasteiger charge is 2.33. The third-order valence-electron chi connectivity index (χ3n) is 6.96. The average molecular weight is 528 g/mol. The Morgan fingerprint density at radius 2 is 2.08 bits per heavy atom. The van der Waals surface area contributed by atoms with Gasteiger partial charge in [0.05, 0.1) is 28.6 Å². The number of halogens is 2. The van der Waals surface area contributed by atoms with Crippen molar-refractivity contribution in [2.45, 2.75) is 32.2 Å². The number of fused-ring (bicyclic) bond motifs is 1. The van der Waals surface area contributed by atoms with Gasteiger partial charge in [-0.05, 0) is 65.1 Å². The first-order chi connectivity index (χ1) is 18.4. The third-order valence-corrected chi connectivity index (χ3v) is 7.25. The van der Waals surface area contributed by atoms with Crippen molar-refractivity contribution >= 4 is 11.6 Å². The molecule has 38 heavy (non-hydrogen) atoms. The molecule has 5 aromatic rings. The fraction of sp³-hybridized carbons (Fsp3) is 0.192. The van der Waals surface area contributed by atoms with Crippen molar-refractivity contribution in [1.29, 1.82) is 5.26 Å². The van der Waals surface area contributed by atoms with Gasteiger partial charge in [0.2, 0.25) is 0 Å². The number of H-pyrrole nitrogens is 1. The largest absolute Gasteiger partial charge is 0.340 e. The zero-order chi connectivity index (χ0) is 26.6. The van der Waals surface area contributed by atoms with E-state index in [2.05, 4.69) is 36.5 Å². The summed E-state index contributed by atoms with van der Waals surface area (Å²) < 4.78 is 18.4. The molecule has 0 saturated heterocycles. The molecule has 0 amide bonds. The van der Waals surface area contributed by atoms with E-state index in [-0.39, 0.29) is 28.1 Å². The second kappa shape index (κ2) is 9.00. The number of hydrogen-bond donors (Lipinski definition) is 1. The Morgan fingerprint density at radius 3 is 2.84 bits per heavy atom. The molecule has 1 N–H and O–H groups in total. The molecule has 0 unspecified atom stereocenters. The van der Waals surface area contributed by atoms with Crippen LogP contribution in [0.5, 0.6) is 0 Å². The second-order valence-corrected chi connectivity index (χ2v) is 9.57. The van der Waals surface area contributed by atoms with Crippen molar-refractivity contribution in [3.8, 4) is 34.1 Å². The van der Waals surface area contributed by atoms with Crippen molar-refractivity contribution in [2.24, 2.45) is 0 Å². The molecule has 5 heterocycles. The smallest absolute Gasteiger partial charge is 0.252 e. The van der Waals surface area contributed by atoms with E-state index in [9.17, 15) is 10.1 Å². The SMILES string of the molecule is Cc1c(-c2cnc([C@@H]3C[C@H](C)c4cc(-c5c(-n6cnnn6)ccc(Cl)c5F)cc(=O)n43)[nH]2)ccnc1C#N. The molecule has 6 rings (SSSR count). The fourth-order valence-electron chi connectivity index (χ4n) is 5.11. The zero-order valence-corrected chi connectivity index (χ0v) is 21.0. The molecular weight excluding hydrogens is 509 g/mol. The highest BCUT2D eigenvalue weighted by Crippen LogP contribution is 2.41. The van der Waals surface area contributed by atoms with Gasteiger partial charge in [-0.1, -0.05) is 18.5 Å². The van der Waals surface area contributed by atoms with Gasteiger partial charge >= 0.3 is 0 Å². The number of rotatable bonds is 4. The van der Waals surface area contributed by atoms with E-state index in [0.29, 0.717) is 29.2 Å². The lowest BCUT2D eigenvalue weighted by molar-refractivity contribution is 0.557.